The molecule has 1 nitrogen and oxygen atoms in total. The molecule has 1 saturated heterocycles. The van der Waals surface area contributed by atoms with E-state index in [2.05, 4.69) is 23.5 Å². The third-order valence-electron chi connectivity index (χ3n) is 2.65. The molecule has 1 aliphatic heterocycles. The van der Waals surface area contributed by atoms with Gasteiger partial charge in [-0.25, -0.2) is 0 Å². The number of rotatable bonds is 0. The Hall–Kier alpha value is -0.560. The first-order chi connectivity index (χ1) is 5.47. The summed E-state index contributed by atoms with van der Waals surface area (Å²) in [6, 6.07) is 0. The number of fused-ring (bicyclic) bond motifs is 1. The Kier molecular flexibility index (Phi) is 2.08. The predicted molar refractivity (Wildman–Crippen MR) is 47.4 cm³/mol. The third-order valence-corrected chi connectivity index (χ3v) is 2.65. The zero-order valence-electron chi connectivity index (χ0n) is 6.84. The highest BCUT2D eigenvalue weighted by molar-refractivity contribution is 5.21. The van der Waals surface area contributed by atoms with Gasteiger partial charge in [-0.1, -0.05) is 23.8 Å². The van der Waals surface area contributed by atoms with Gasteiger partial charge in [-0.15, -0.1) is 0 Å². The summed E-state index contributed by atoms with van der Waals surface area (Å²) in [5.41, 5.74) is 1.66. The van der Waals surface area contributed by atoms with Gasteiger partial charge in [-0.3, -0.25) is 0 Å². The maximum absolute atomic E-state index is 3.44. The van der Waals surface area contributed by atoms with Gasteiger partial charge in [0.1, 0.15) is 0 Å². The van der Waals surface area contributed by atoms with Crippen molar-refractivity contribution in [3.63, 3.8) is 0 Å². The first-order valence-corrected chi connectivity index (χ1v) is 4.53. The van der Waals surface area contributed by atoms with Crippen LogP contribution in [0.2, 0.25) is 0 Å². The lowest BCUT2D eigenvalue weighted by molar-refractivity contribution is 0.564. The molecule has 0 aromatic rings. The van der Waals surface area contributed by atoms with Crippen LogP contribution in [-0.2, 0) is 0 Å². The van der Waals surface area contributed by atoms with E-state index in [9.17, 15) is 0 Å². The van der Waals surface area contributed by atoms with Gasteiger partial charge in [0.05, 0.1) is 0 Å². The summed E-state index contributed by atoms with van der Waals surface area (Å²) in [5, 5.41) is 3.44. The van der Waals surface area contributed by atoms with Gasteiger partial charge >= 0.3 is 0 Å². The summed E-state index contributed by atoms with van der Waals surface area (Å²) < 4.78 is 0. The fourth-order valence-electron chi connectivity index (χ4n) is 1.95. The lowest BCUT2D eigenvalue weighted by atomic mass is 9.88. The van der Waals surface area contributed by atoms with Gasteiger partial charge in [0.2, 0.25) is 0 Å². The van der Waals surface area contributed by atoms with Gasteiger partial charge in [-0.05, 0) is 38.3 Å². The van der Waals surface area contributed by atoms with Crippen LogP contribution in [0.1, 0.15) is 19.3 Å². The monoisotopic (exact) mass is 149 g/mol. The fourth-order valence-corrected chi connectivity index (χ4v) is 1.95. The zero-order valence-corrected chi connectivity index (χ0v) is 6.84. The largest absolute Gasteiger partial charge is 0.316 e. The first-order valence-electron chi connectivity index (χ1n) is 4.53. The molecule has 1 aliphatic carbocycles. The van der Waals surface area contributed by atoms with Crippen LogP contribution < -0.4 is 5.32 Å². The van der Waals surface area contributed by atoms with Crippen molar-refractivity contribution in [2.45, 2.75) is 19.3 Å². The van der Waals surface area contributed by atoms with Gasteiger partial charge in [0.15, 0.2) is 0 Å². The Morgan fingerprint density at radius 1 is 1.36 bits per heavy atom. The van der Waals surface area contributed by atoms with Gasteiger partial charge in [0, 0.05) is 0 Å². The summed E-state index contributed by atoms with van der Waals surface area (Å²) >= 11 is 0. The minimum atomic E-state index is 0.856. The lowest BCUT2D eigenvalue weighted by Gasteiger charge is -2.17. The third kappa shape index (κ3) is 1.54. The van der Waals surface area contributed by atoms with E-state index in [0.29, 0.717) is 0 Å². The van der Waals surface area contributed by atoms with E-state index in [1.807, 2.05) is 0 Å². The second-order valence-electron chi connectivity index (χ2n) is 3.39. The number of allylic oxidation sites excluding steroid dienone is 3. The molecular weight excluding hydrogens is 134 g/mol. The highest BCUT2D eigenvalue weighted by atomic mass is 14.9. The highest BCUT2D eigenvalue weighted by Gasteiger charge is 2.16. The van der Waals surface area contributed by atoms with Crippen LogP contribution >= 0.6 is 0 Å². The summed E-state index contributed by atoms with van der Waals surface area (Å²) in [4.78, 5) is 0. The molecule has 0 radical (unpaired) electrons. The minimum Gasteiger partial charge on any atom is -0.316 e. The lowest BCUT2D eigenvalue weighted by Crippen LogP contribution is -2.13. The van der Waals surface area contributed by atoms with Gasteiger partial charge < -0.3 is 5.32 Å². The predicted octanol–water partition coefficient (Wildman–Crippen LogP) is 1.87. The molecule has 1 heterocycles. The molecule has 1 N–H and O–H groups in total. The molecule has 1 atom stereocenters. The van der Waals surface area contributed by atoms with Crippen LogP contribution in [0, 0.1) is 5.92 Å². The van der Waals surface area contributed by atoms with E-state index in [0.717, 1.165) is 5.92 Å². The molecule has 0 saturated carbocycles. The van der Waals surface area contributed by atoms with Crippen molar-refractivity contribution in [1.82, 2.24) is 5.32 Å². The van der Waals surface area contributed by atoms with Gasteiger partial charge in [0.25, 0.3) is 0 Å². The van der Waals surface area contributed by atoms with Crippen LogP contribution in [0.4, 0.5) is 0 Å². The van der Waals surface area contributed by atoms with Crippen LogP contribution in [0.25, 0.3) is 0 Å². The van der Waals surface area contributed by atoms with E-state index in [4.69, 9.17) is 0 Å². The summed E-state index contributed by atoms with van der Waals surface area (Å²) in [7, 11) is 0. The maximum Gasteiger partial charge on any atom is -0.00114 e. The van der Waals surface area contributed by atoms with E-state index >= 15 is 0 Å². The van der Waals surface area contributed by atoms with Crippen molar-refractivity contribution < 1.29 is 0 Å². The second kappa shape index (κ2) is 3.22. The molecule has 0 bridgehead atoms. The van der Waals surface area contributed by atoms with Crippen LogP contribution in [0.3, 0.4) is 0 Å². The SMILES string of the molecule is C1=CCC2CCNCCC2=C1. The van der Waals surface area contributed by atoms with Gasteiger partial charge in [-0.2, -0.15) is 0 Å². The Bertz CT molecular complexity index is 191. The van der Waals surface area contributed by atoms with Crippen molar-refractivity contribution in [3.05, 3.63) is 23.8 Å². The molecule has 1 heteroatoms. The van der Waals surface area contributed by atoms with Crippen molar-refractivity contribution in [2.75, 3.05) is 13.1 Å². The first kappa shape index (κ1) is 7.11. The standard InChI is InChI=1S/C10H15N/c1-2-4-10-6-8-11-7-5-9(10)3-1/h1-3,10-11H,4-8H2. The molecule has 2 rings (SSSR count). The zero-order chi connectivity index (χ0) is 7.52. The Labute approximate surface area is 68.2 Å². The van der Waals surface area contributed by atoms with E-state index in [-0.39, 0.29) is 0 Å². The topological polar surface area (TPSA) is 12.0 Å². The molecule has 60 valence electrons. The molecule has 1 unspecified atom stereocenters. The number of nitrogens with one attached hydrogen (secondary N) is 1. The maximum atomic E-state index is 3.44. The van der Waals surface area contributed by atoms with Crippen LogP contribution in [0.5, 0.6) is 0 Å². The molecule has 1 fully saturated rings. The summed E-state index contributed by atoms with van der Waals surface area (Å²) in [5.74, 6) is 0.856. The average Bonchev–Trinajstić information content (AvgIpc) is 2.28. The van der Waals surface area contributed by atoms with E-state index < -0.39 is 0 Å². The van der Waals surface area contributed by atoms with Crippen molar-refractivity contribution >= 4 is 0 Å². The molecule has 11 heavy (non-hydrogen) atoms. The second-order valence-corrected chi connectivity index (χ2v) is 3.39. The molecule has 0 aromatic carbocycles. The van der Waals surface area contributed by atoms with Crippen LogP contribution in [0.15, 0.2) is 23.8 Å². The summed E-state index contributed by atoms with van der Waals surface area (Å²) in [6.45, 7) is 2.38. The molecule has 0 amide bonds. The molecule has 0 aromatic heterocycles. The minimum absolute atomic E-state index is 0.856. The Balaban J connectivity index is 2.11. The quantitative estimate of drug-likeness (QED) is 0.554. The molecule has 0 spiro atoms. The fraction of sp³-hybridized carbons (Fsp3) is 0.600. The van der Waals surface area contributed by atoms with Crippen LogP contribution in [-0.4, -0.2) is 13.1 Å². The number of hydrogen-bond donors (Lipinski definition) is 1. The highest BCUT2D eigenvalue weighted by Crippen LogP contribution is 2.26. The van der Waals surface area contributed by atoms with E-state index in [1.165, 1.54) is 32.4 Å². The van der Waals surface area contributed by atoms with E-state index in [1.54, 1.807) is 5.57 Å². The van der Waals surface area contributed by atoms with Crippen molar-refractivity contribution in [3.8, 4) is 0 Å². The average molecular weight is 149 g/mol. The Morgan fingerprint density at radius 2 is 2.36 bits per heavy atom. The van der Waals surface area contributed by atoms with Crippen molar-refractivity contribution in [1.29, 1.82) is 0 Å². The van der Waals surface area contributed by atoms with Crippen molar-refractivity contribution in [2.24, 2.45) is 5.92 Å². The number of hydrogen-bond acceptors (Lipinski definition) is 1. The Morgan fingerprint density at radius 3 is 3.36 bits per heavy atom. The smallest absolute Gasteiger partial charge is 0.00114 e. The normalized spacial score (nSPS) is 30.5. The summed E-state index contributed by atoms with van der Waals surface area (Å²) in [6.07, 6.45) is 10.7. The molecular formula is C10H15N. The molecule has 2 aliphatic rings.